The number of rotatable bonds is 4. The SMILES string of the molecule is c1ccc2c(c1)[nH]c1nnc(SCCN3CCOCC3)nc12. The van der Waals surface area contributed by atoms with Gasteiger partial charge in [-0.25, -0.2) is 4.98 Å². The Morgan fingerprint density at radius 2 is 2.05 bits per heavy atom. The maximum Gasteiger partial charge on any atom is 0.209 e. The van der Waals surface area contributed by atoms with Crippen LogP contribution in [0.5, 0.6) is 0 Å². The molecule has 0 bridgehead atoms. The highest BCUT2D eigenvalue weighted by Gasteiger charge is 2.12. The van der Waals surface area contributed by atoms with Gasteiger partial charge in [0.1, 0.15) is 5.52 Å². The third-order valence-corrected chi connectivity index (χ3v) is 4.66. The molecule has 22 heavy (non-hydrogen) atoms. The van der Waals surface area contributed by atoms with Crippen molar-refractivity contribution >= 4 is 33.8 Å². The number of benzene rings is 1. The molecule has 4 rings (SSSR count). The smallest absolute Gasteiger partial charge is 0.209 e. The highest BCUT2D eigenvalue weighted by Crippen LogP contribution is 2.23. The standard InChI is InChI=1S/C15H17N5OS/c1-2-4-12-11(3-1)13-14(16-12)18-19-15(17-13)22-10-7-20-5-8-21-9-6-20/h1-4H,5-10H2,(H,16,18). The van der Waals surface area contributed by atoms with Crippen molar-refractivity contribution in [3.63, 3.8) is 0 Å². The summed E-state index contributed by atoms with van der Waals surface area (Å²) in [4.78, 5) is 10.3. The molecule has 1 N–H and O–H groups in total. The molecular formula is C15H17N5OS. The number of para-hydroxylation sites is 1. The van der Waals surface area contributed by atoms with Crippen molar-refractivity contribution in [2.24, 2.45) is 0 Å². The van der Waals surface area contributed by atoms with Crippen LogP contribution in [0.25, 0.3) is 22.1 Å². The average molecular weight is 315 g/mol. The van der Waals surface area contributed by atoms with Crippen molar-refractivity contribution in [2.75, 3.05) is 38.6 Å². The molecule has 1 aliphatic rings. The van der Waals surface area contributed by atoms with Crippen LogP contribution in [0.15, 0.2) is 29.4 Å². The van der Waals surface area contributed by atoms with Crippen molar-refractivity contribution in [1.82, 2.24) is 25.1 Å². The summed E-state index contributed by atoms with van der Waals surface area (Å²) in [5.74, 6) is 0.968. The van der Waals surface area contributed by atoms with Crippen molar-refractivity contribution < 1.29 is 4.74 Å². The third-order valence-electron chi connectivity index (χ3n) is 3.84. The number of ether oxygens (including phenoxy) is 1. The van der Waals surface area contributed by atoms with Crippen LogP contribution in [0.3, 0.4) is 0 Å². The van der Waals surface area contributed by atoms with Gasteiger partial charge in [0.15, 0.2) is 5.65 Å². The molecule has 2 aromatic heterocycles. The van der Waals surface area contributed by atoms with Crippen molar-refractivity contribution in [3.05, 3.63) is 24.3 Å². The Morgan fingerprint density at radius 3 is 2.95 bits per heavy atom. The molecular weight excluding hydrogens is 298 g/mol. The fraction of sp³-hybridized carbons (Fsp3) is 0.400. The normalized spacial score (nSPS) is 16.5. The zero-order valence-electron chi connectivity index (χ0n) is 12.2. The van der Waals surface area contributed by atoms with Crippen LogP contribution in [-0.4, -0.2) is 63.7 Å². The zero-order chi connectivity index (χ0) is 14.8. The number of fused-ring (bicyclic) bond motifs is 3. The maximum absolute atomic E-state index is 5.36. The molecule has 0 atom stereocenters. The van der Waals surface area contributed by atoms with E-state index in [9.17, 15) is 0 Å². The van der Waals surface area contributed by atoms with E-state index in [2.05, 4.69) is 31.1 Å². The minimum atomic E-state index is 0.741. The fourth-order valence-electron chi connectivity index (χ4n) is 2.66. The first-order valence-electron chi connectivity index (χ1n) is 7.44. The van der Waals surface area contributed by atoms with Crippen molar-refractivity contribution in [2.45, 2.75) is 5.16 Å². The minimum absolute atomic E-state index is 0.741. The number of aromatic amines is 1. The lowest BCUT2D eigenvalue weighted by Gasteiger charge is -2.26. The first kappa shape index (κ1) is 13.9. The lowest BCUT2D eigenvalue weighted by atomic mass is 10.2. The molecule has 0 amide bonds. The number of hydrogen-bond donors (Lipinski definition) is 1. The summed E-state index contributed by atoms with van der Waals surface area (Å²) in [5.41, 5.74) is 2.70. The molecule has 0 radical (unpaired) electrons. The van der Waals surface area contributed by atoms with Gasteiger partial charge in [0.25, 0.3) is 0 Å². The summed E-state index contributed by atoms with van der Waals surface area (Å²) in [7, 11) is 0. The Hall–Kier alpha value is -1.70. The van der Waals surface area contributed by atoms with E-state index in [1.54, 1.807) is 11.8 Å². The minimum Gasteiger partial charge on any atom is -0.379 e. The van der Waals surface area contributed by atoms with Gasteiger partial charge in [-0.15, -0.1) is 10.2 Å². The Kier molecular flexibility index (Phi) is 3.92. The van der Waals surface area contributed by atoms with Gasteiger partial charge in [-0.3, -0.25) is 4.90 Å². The summed E-state index contributed by atoms with van der Waals surface area (Å²) in [6, 6.07) is 8.11. The lowest BCUT2D eigenvalue weighted by Crippen LogP contribution is -2.37. The number of thioether (sulfide) groups is 1. The van der Waals surface area contributed by atoms with Crippen LogP contribution < -0.4 is 0 Å². The van der Waals surface area contributed by atoms with Crippen LogP contribution >= 0.6 is 11.8 Å². The largest absolute Gasteiger partial charge is 0.379 e. The van der Waals surface area contributed by atoms with Crippen LogP contribution in [0, 0.1) is 0 Å². The highest BCUT2D eigenvalue weighted by atomic mass is 32.2. The van der Waals surface area contributed by atoms with E-state index in [1.165, 1.54) is 0 Å². The molecule has 6 nitrogen and oxygen atoms in total. The van der Waals surface area contributed by atoms with Crippen LogP contribution in [-0.2, 0) is 4.74 Å². The molecule has 0 saturated carbocycles. The number of hydrogen-bond acceptors (Lipinski definition) is 6. The fourth-order valence-corrected chi connectivity index (χ4v) is 3.45. The Balaban J connectivity index is 1.48. The van der Waals surface area contributed by atoms with E-state index in [-0.39, 0.29) is 0 Å². The van der Waals surface area contributed by atoms with Gasteiger partial charge in [-0.05, 0) is 6.07 Å². The Morgan fingerprint density at radius 1 is 1.18 bits per heavy atom. The first-order chi connectivity index (χ1) is 10.9. The molecule has 1 aliphatic heterocycles. The van der Waals surface area contributed by atoms with E-state index in [0.717, 1.165) is 65.8 Å². The van der Waals surface area contributed by atoms with Gasteiger partial charge in [0.2, 0.25) is 5.16 Å². The van der Waals surface area contributed by atoms with E-state index >= 15 is 0 Å². The second-order valence-corrected chi connectivity index (χ2v) is 6.33. The van der Waals surface area contributed by atoms with E-state index < -0.39 is 0 Å². The molecule has 1 saturated heterocycles. The molecule has 0 spiro atoms. The number of aromatic nitrogens is 4. The summed E-state index contributed by atoms with van der Waals surface area (Å²) in [6.45, 7) is 4.74. The number of morpholine rings is 1. The van der Waals surface area contributed by atoms with Gasteiger partial charge in [0, 0.05) is 36.3 Å². The Bertz CT molecular complexity index is 784. The summed E-state index contributed by atoms with van der Waals surface area (Å²) >= 11 is 1.66. The van der Waals surface area contributed by atoms with Crippen LogP contribution in [0.4, 0.5) is 0 Å². The summed E-state index contributed by atoms with van der Waals surface area (Å²) < 4.78 is 5.36. The molecule has 0 unspecified atom stereocenters. The van der Waals surface area contributed by atoms with Gasteiger partial charge in [-0.1, -0.05) is 30.0 Å². The van der Waals surface area contributed by atoms with E-state index in [1.807, 2.05) is 18.2 Å². The molecule has 0 aliphatic carbocycles. The van der Waals surface area contributed by atoms with Gasteiger partial charge in [-0.2, -0.15) is 0 Å². The van der Waals surface area contributed by atoms with Gasteiger partial charge < -0.3 is 9.72 Å². The maximum atomic E-state index is 5.36. The molecule has 1 aromatic carbocycles. The summed E-state index contributed by atoms with van der Waals surface area (Å²) in [5, 5.41) is 10.3. The highest BCUT2D eigenvalue weighted by molar-refractivity contribution is 7.99. The number of H-pyrrole nitrogens is 1. The van der Waals surface area contributed by atoms with Gasteiger partial charge in [0.05, 0.1) is 13.2 Å². The molecule has 114 valence electrons. The van der Waals surface area contributed by atoms with Gasteiger partial charge >= 0.3 is 0 Å². The molecule has 3 heterocycles. The second-order valence-electron chi connectivity index (χ2n) is 5.26. The van der Waals surface area contributed by atoms with Crippen LogP contribution in [0.2, 0.25) is 0 Å². The lowest BCUT2D eigenvalue weighted by molar-refractivity contribution is 0.0410. The van der Waals surface area contributed by atoms with Crippen molar-refractivity contribution in [3.8, 4) is 0 Å². The molecule has 7 heteroatoms. The second kappa shape index (κ2) is 6.20. The van der Waals surface area contributed by atoms with E-state index in [0.29, 0.717) is 0 Å². The van der Waals surface area contributed by atoms with Crippen LogP contribution in [0.1, 0.15) is 0 Å². The van der Waals surface area contributed by atoms with Crippen molar-refractivity contribution in [1.29, 1.82) is 0 Å². The topological polar surface area (TPSA) is 66.9 Å². The monoisotopic (exact) mass is 315 g/mol. The molecule has 1 fully saturated rings. The predicted molar refractivity (Wildman–Crippen MR) is 87.2 cm³/mol. The Labute approximate surface area is 132 Å². The average Bonchev–Trinajstić information content (AvgIpc) is 2.94. The zero-order valence-corrected chi connectivity index (χ0v) is 13.0. The predicted octanol–water partition coefficient (Wildman–Crippen LogP) is 1.93. The molecule has 3 aromatic rings. The quantitative estimate of drug-likeness (QED) is 0.742. The first-order valence-corrected chi connectivity index (χ1v) is 8.43. The number of nitrogens with zero attached hydrogens (tertiary/aromatic N) is 4. The summed E-state index contributed by atoms with van der Waals surface area (Å²) in [6.07, 6.45) is 0. The third kappa shape index (κ3) is 2.79. The number of nitrogens with one attached hydrogen (secondary N) is 1. The van der Waals surface area contributed by atoms with E-state index in [4.69, 9.17) is 4.74 Å².